The summed E-state index contributed by atoms with van der Waals surface area (Å²) in [5.41, 5.74) is -1.44. The highest BCUT2D eigenvalue weighted by Gasteiger charge is 2.33. The van der Waals surface area contributed by atoms with Crippen molar-refractivity contribution in [2.75, 3.05) is 5.32 Å². The first-order valence-electron chi connectivity index (χ1n) is 6.14. The van der Waals surface area contributed by atoms with E-state index in [0.29, 0.717) is 6.20 Å². The van der Waals surface area contributed by atoms with Gasteiger partial charge in [0.2, 0.25) is 0 Å². The Morgan fingerprint density at radius 3 is 2.29 bits per heavy atom. The zero-order valence-electron chi connectivity index (χ0n) is 11.5. The van der Waals surface area contributed by atoms with Crippen molar-refractivity contribution in [1.29, 1.82) is 0 Å². The zero-order chi connectivity index (χ0) is 17.9. The molecule has 11 heteroatoms. The van der Waals surface area contributed by atoms with Gasteiger partial charge in [-0.1, -0.05) is 29.3 Å². The van der Waals surface area contributed by atoms with Crippen molar-refractivity contribution < 1.29 is 22.8 Å². The summed E-state index contributed by atoms with van der Waals surface area (Å²) in [5, 5.41) is 3.85. The first kappa shape index (κ1) is 18.0. The van der Waals surface area contributed by atoms with Crippen LogP contribution in [0.2, 0.25) is 10.0 Å². The molecule has 126 valence electrons. The minimum absolute atomic E-state index is 0.00617. The van der Waals surface area contributed by atoms with Crippen LogP contribution in [0.4, 0.5) is 23.8 Å². The average molecular weight is 379 g/mol. The number of hydrogen-bond acceptors (Lipinski definition) is 4. The fraction of sp³-hybridized carbons (Fsp3) is 0.0769. The predicted molar refractivity (Wildman–Crippen MR) is 80.0 cm³/mol. The van der Waals surface area contributed by atoms with Crippen LogP contribution in [0, 0.1) is 0 Å². The van der Waals surface area contributed by atoms with Gasteiger partial charge in [0.05, 0.1) is 28.0 Å². The number of hydrogen-bond donors (Lipinski definition) is 2. The predicted octanol–water partition coefficient (Wildman–Crippen LogP) is 3.76. The lowest BCUT2D eigenvalue weighted by Gasteiger charge is -2.10. The molecule has 0 aliphatic heterocycles. The summed E-state index contributed by atoms with van der Waals surface area (Å²) < 4.78 is 37.5. The summed E-state index contributed by atoms with van der Waals surface area (Å²) >= 11 is 11.6. The van der Waals surface area contributed by atoms with Crippen LogP contribution in [0.25, 0.3) is 0 Å². The van der Waals surface area contributed by atoms with Gasteiger partial charge in [0.25, 0.3) is 5.91 Å². The Hall–Kier alpha value is -2.39. The van der Waals surface area contributed by atoms with Gasteiger partial charge in [-0.3, -0.25) is 20.4 Å². The molecular formula is C13H7Cl2F3N4O2. The summed E-state index contributed by atoms with van der Waals surface area (Å²) in [5.74, 6) is -1.41. The minimum atomic E-state index is -4.72. The molecule has 2 aromatic rings. The molecule has 1 heterocycles. The number of alkyl halides is 3. The summed E-state index contributed by atoms with van der Waals surface area (Å²) in [4.78, 5) is 30.2. The van der Waals surface area contributed by atoms with Gasteiger partial charge >= 0.3 is 12.2 Å². The molecule has 3 amide bonds. The molecule has 0 saturated heterocycles. The van der Waals surface area contributed by atoms with Crippen LogP contribution in [0.15, 0.2) is 30.6 Å². The fourth-order valence-electron chi connectivity index (χ4n) is 1.59. The van der Waals surface area contributed by atoms with Crippen LogP contribution in [0.1, 0.15) is 16.1 Å². The number of nitrogens with one attached hydrogen (secondary N) is 2. The monoisotopic (exact) mass is 378 g/mol. The van der Waals surface area contributed by atoms with Gasteiger partial charge in [-0.25, -0.2) is 9.78 Å². The highest BCUT2D eigenvalue weighted by atomic mass is 35.5. The van der Waals surface area contributed by atoms with E-state index in [0.717, 1.165) is 6.20 Å². The first-order valence-corrected chi connectivity index (χ1v) is 6.89. The molecule has 0 bridgehead atoms. The largest absolute Gasteiger partial charge is 0.434 e. The van der Waals surface area contributed by atoms with Gasteiger partial charge < -0.3 is 0 Å². The lowest BCUT2D eigenvalue weighted by molar-refractivity contribution is -0.141. The van der Waals surface area contributed by atoms with E-state index < -0.39 is 29.6 Å². The van der Waals surface area contributed by atoms with Crippen molar-refractivity contribution in [3.8, 4) is 0 Å². The summed E-state index contributed by atoms with van der Waals surface area (Å²) in [7, 11) is 0. The van der Waals surface area contributed by atoms with Crippen molar-refractivity contribution in [2.45, 2.75) is 6.18 Å². The summed E-state index contributed by atoms with van der Waals surface area (Å²) in [6.07, 6.45) is -3.33. The van der Waals surface area contributed by atoms with Crippen LogP contribution in [-0.4, -0.2) is 21.9 Å². The van der Waals surface area contributed by atoms with Gasteiger partial charge in [0.1, 0.15) is 0 Å². The topological polar surface area (TPSA) is 84.0 Å². The number of urea groups is 1. The van der Waals surface area contributed by atoms with Gasteiger partial charge in [0, 0.05) is 0 Å². The number of amides is 3. The highest BCUT2D eigenvalue weighted by Crippen LogP contribution is 2.27. The Labute approximate surface area is 143 Å². The van der Waals surface area contributed by atoms with Crippen LogP contribution in [-0.2, 0) is 6.18 Å². The van der Waals surface area contributed by atoms with E-state index in [9.17, 15) is 22.8 Å². The third-order valence-corrected chi connectivity index (χ3v) is 3.21. The normalized spacial score (nSPS) is 11.0. The lowest BCUT2D eigenvalue weighted by Crippen LogP contribution is -2.35. The molecule has 0 fully saturated rings. The molecule has 24 heavy (non-hydrogen) atoms. The Kier molecular flexibility index (Phi) is 5.25. The number of aromatic nitrogens is 2. The van der Waals surface area contributed by atoms with E-state index in [4.69, 9.17) is 23.2 Å². The highest BCUT2D eigenvalue weighted by molar-refractivity contribution is 6.40. The van der Waals surface area contributed by atoms with Gasteiger partial charge in [-0.2, -0.15) is 13.2 Å². The number of carbonyl (C=O) groups is 2. The van der Waals surface area contributed by atoms with E-state index in [1.807, 2.05) is 10.6 Å². The lowest BCUT2D eigenvalue weighted by atomic mass is 10.2. The Morgan fingerprint density at radius 2 is 1.71 bits per heavy atom. The fourth-order valence-corrected chi connectivity index (χ4v) is 2.16. The second kappa shape index (κ2) is 7.02. The number of anilines is 1. The first-order chi connectivity index (χ1) is 11.2. The molecule has 0 unspecified atom stereocenters. The Morgan fingerprint density at radius 1 is 1.08 bits per heavy atom. The number of benzene rings is 1. The maximum atomic E-state index is 12.5. The molecule has 1 aromatic carbocycles. The van der Waals surface area contributed by atoms with Crippen molar-refractivity contribution >= 4 is 41.0 Å². The van der Waals surface area contributed by atoms with E-state index in [1.54, 1.807) is 0 Å². The van der Waals surface area contributed by atoms with E-state index in [2.05, 4.69) is 9.97 Å². The summed E-state index contributed by atoms with van der Waals surface area (Å²) in [6.45, 7) is 0. The molecule has 2 rings (SSSR count). The number of carbonyl (C=O) groups excluding carboxylic acids is 2. The van der Waals surface area contributed by atoms with Crippen molar-refractivity contribution in [3.05, 3.63) is 51.9 Å². The third-order valence-electron chi connectivity index (χ3n) is 2.58. The third kappa shape index (κ3) is 4.33. The minimum Gasteiger partial charge on any atom is -0.291 e. The second-order valence-corrected chi connectivity index (χ2v) is 5.11. The number of halogens is 5. The molecule has 0 radical (unpaired) electrons. The van der Waals surface area contributed by atoms with Crippen molar-refractivity contribution in [2.24, 2.45) is 0 Å². The Bertz CT molecular complexity index is 779. The van der Waals surface area contributed by atoms with E-state index in [1.165, 1.54) is 18.2 Å². The molecule has 0 spiro atoms. The van der Waals surface area contributed by atoms with Gasteiger partial charge in [0.15, 0.2) is 11.5 Å². The molecule has 1 aromatic heterocycles. The van der Waals surface area contributed by atoms with Gasteiger partial charge in [-0.05, 0) is 12.1 Å². The molecule has 6 nitrogen and oxygen atoms in total. The Balaban J connectivity index is 2.10. The maximum Gasteiger partial charge on any atom is 0.434 e. The molecule has 2 N–H and O–H groups in total. The maximum absolute atomic E-state index is 12.5. The van der Waals surface area contributed by atoms with Gasteiger partial charge in [-0.15, -0.1) is 0 Å². The molecule has 0 atom stereocenters. The number of imide groups is 1. The van der Waals surface area contributed by atoms with Crippen molar-refractivity contribution in [3.63, 3.8) is 0 Å². The zero-order valence-corrected chi connectivity index (χ0v) is 13.0. The SMILES string of the molecule is O=C(NC(=O)c1c(Cl)cccc1Cl)Nc1cncc(C(F)(F)F)n1. The average Bonchev–Trinajstić information content (AvgIpc) is 2.46. The number of nitrogens with zero attached hydrogens (tertiary/aromatic N) is 2. The van der Waals surface area contributed by atoms with Crippen LogP contribution < -0.4 is 10.6 Å². The van der Waals surface area contributed by atoms with Crippen LogP contribution in [0.5, 0.6) is 0 Å². The molecule has 0 aliphatic rings. The quantitative estimate of drug-likeness (QED) is 0.832. The second-order valence-electron chi connectivity index (χ2n) is 4.29. The van der Waals surface area contributed by atoms with Crippen molar-refractivity contribution in [1.82, 2.24) is 15.3 Å². The van der Waals surface area contributed by atoms with Crippen LogP contribution in [0.3, 0.4) is 0 Å². The molecule has 0 saturated carbocycles. The van der Waals surface area contributed by atoms with E-state index >= 15 is 0 Å². The molecule has 0 aliphatic carbocycles. The molecular weight excluding hydrogens is 372 g/mol. The number of rotatable bonds is 2. The van der Waals surface area contributed by atoms with E-state index in [-0.39, 0.29) is 15.6 Å². The van der Waals surface area contributed by atoms with Crippen LogP contribution >= 0.6 is 23.2 Å². The smallest absolute Gasteiger partial charge is 0.291 e. The standard InChI is InChI=1S/C13H7Cl2F3N4O2/c14-6-2-1-3-7(15)10(6)11(23)22-12(24)21-9-5-19-4-8(20-9)13(16,17)18/h1-5H,(H2,20,21,22,23,24). The summed E-state index contributed by atoms with van der Waals surface area (Å²) in [6, 6.07) is 3.15.